The molecular formula is C24H19F2N5O2. The Bertz CT molecular complexity index is 1370. The van der Waals surface area contributed by atoms with Gasteiger partial charge in [-0.15, -0.1) is 5.10 Å². The van der Waals surface area contributed by atoms with Gasteiger partial charge in [0.25, 0.3) is 17.8 Å². The fraction of sp³-hybridized carbons (Fsp3) is 0.0833. The van der Waals surface area contributed by atoms with Gasteiger partial charge in [-0.25, -0.2) is 8.78 Å². The molecule has 9 heteroatoms. The standard InChI is InChI=1S/C24H19F2N5O2/c1-14-7-3-5-9-17(14)21(32)27-23-29-24(28-22(33)18-10-6-4-8-15(18)2)31(30-23)20-12-11-16(25)13-19(20)26/h3-13H,1-2H3,(H2,27,28,29,30,32,33). The molecule has 0 spiro atoms. The van der Waals surface area contributed by atoms with E-state index in [9.17, 15) is 18.4 Å². The van der Waals surface area contributed by atoms with Crippen LogP contribution in [0.2, 0.25) is 0 Å². The third-order valence-electron chi connectivity index (χ3n) is 4.98. The van der Waals surface area contributed by atoms with Gasteiger partial charge in [-0.05, 0) is 49.2 Å². The molecule has 3 aromatic carbocycles. The molecule has 0 aliphatic heterocycles. The first-order valence-corrected chi connectivity index (χ1v) is 10.00. The normalized spacial score (nSPS) is 10.7. The number of nitrogens with zero attached hydrogens (tertiary/aromatic N) is 3. The molecule has 166 valence electrons. The van der Waals surface area contributed by atoms with E-state index in [0.29, 0.717) is 17.2 Å². The van der Waals surface area contributed by atoms with Crippen molar-refractivity contribution in [3.63, 3.8) is 0 Å². The van der Waals surface area contributed by atoms with Crippen molar-refractivity contribution < 1.29 is 18.4 Å². The van der Waals surface area contributed by atoms with E-state index < -0.39 is 23.4 Å². The highest BCUT2D eigenvalue weighted by molar-refractivity contribution is 6.06. The van der Waals surface area contributed by atoms with E-state index >= 15 is 0 Å². The summed E-state index contributed by atoms with van der Waals surface area (Å²) in [4.78, 5) is 29.7. The summed E-state index contributed by atoms with van der Waals surface area (Å²) in [6.45, 7) is 3.55. The third kappa shape index (κ3) is 4.62. The molecule has 1 aromatic heterocycles. The van der Waals surface area contributed by atoms with Crippen molar-refractivity contribution in [3.8, 4) is 5.69 Å². The fourth-order valence-electron chi connectivity index (χ4n) is 3.26. The highest BCUT2D eigenvalue weighted by Crippen LogP contribution is 2.21. The number of carbonyl (C=O) groups is 2. The van der Waals surface area contributed by atoms with Gasteiger partial charge >= 0.3 is 0 Å². The van der Waals surface area contributed by atoms with Crippen LogP contribution < -0.4 is 10.6 Å². The smallest absolute Gasteiger partial charge is 0.258 e. The van der Waals surface area contributed by atoms with E-state index in [-0.39, 0.29) is 17.6 Å². The first-order valence-electron chi connectivity index (χ1n) is 10.00. The molecule has 7 nitrogen and oxygen atoms in total. The number of aromatic nitrogens is 3. The number of aryl methyl sites for hydroxylation is 2. The highest BCUT2D eigenvalue weighted by atomic mass is 19.1. The Kier molecular flexibility index (Phi) is 5.95. The second kappa shape index (κ2) is 8.99. The Balaban J connectivity index is 1.72. The van der Waals surface area contributed by atoms with Crippen LogP contribution in [0.4, 0.5) is 20.7 Å². The van der Waals surface area contributed by atoms with E-state index in [4.69, 9.17) is 0 Å². The quantitative estimate of drug-likeness (QED) is 0.466. The minimum Gasteiger partial charge on any atom is -0.290 e. The van der Waals surface area contributed by atoms with Crippen molar-refractivity contribution in [2.45, 2.75) is 13.8 Å². The van der Waals surface area contributed by atoms with E-state index in [1.165, 1.54) is 0 Å². The van der Waals surface area contributed by atoms with Crippen LogP contribution in [-0.2, 0) is 0 Å². The molecular weight excluding hydrogens is 428 g/mol. The van der Waals surface area contributed by atoms with Gasteiger partial charge in [-0.3, -0.25) is 20.2 Å². The monoisotopic (exact) mass is 447 g/mol. The summed E-state index contributed by atoms with van der Waals surface area (Å²) in [5, 5.41) is 9.28. The minimum absolute atomic E-state index is 0.145. The average molecular weight is 447 g/mol. The number of hydrogen-bond acceptors (Lipinski definition) is 4. The number of benzene rings is 3. The lowest BCUT2D eigenvalue weighted by Gasteiger charge is -2.09. The number of carbonyl (C=O) groups excluding carboxylic acids is 2. The van der Waals surface area contributed by atoms with Crippen molar-refractivity contribution in [2.24, 2.45) is 0 Å². The Labute approximate surface area is 188 Å². The summed E-state index contributed by atoms with van der Waals surface area (Å²) in [6.07, 6.45) is 0. The van der Waals surface area contributed by atoms with Crippen LogP contribution in [-0.4, -0.2) is 26.6 Å². The van der Waals surface area contributed by atoms with Gasteiger partial charge in [0, 0.05) is 17.2 Å². The van der Waals surface area contributed by atoms with Crippen LogP contribution >= 0.6 is 0 Å². The number of nitrogens with one attached hydrogen (secondary N) is 2. The minimum atomic E-state index is -0.914. The third-order valence-corrected chi connectivity index (χ3v) is 4.98. The zero-order valence-corrected chi connectivity index (χ0v) is 17.8. The number of hydrogen-bond donors (Lipinski definition) is 2. The summed E-state index contributed by atoms with van der Waals surface area (Å²) >= 11 is 0. The molecule has 0 bridgehead atoms. The maximum absolute atomic E-state index is 14.5. The lowest BCUT2D eigenvalue weighted by molar-refractivity contribution is 0.101. The molecule has 0 aliphatic rings. The second-order valence-corrected chi connectivity index (χ2v) is 7.30. The molecule has 0 fully saturated rings. The molecule has 1 heterocycles. The topological polar surface area (TPSA) is 88.9 Å². The Morgan fingerprint density at radius 3 is 1.97 bits per heavy atom. The van der Waals surface area contributed by atoms with Crippen molar-refractivity contribution in [3.05, 3.63) is 101 Å². The zero-order chi connectivity index (χ0) is 23.5. The predicted octanol–water partition coefficient (Wildman–Crippen LogP) is 4.67. The average Bonchev–Trinajstić information content (AvgIpc) is 3.15. The Morgan fingerprint density at radius 1 is 0.818 bits per heavy atom. The summed E-state index contributed by atoms with van der Waals surface area (Å²) in [6, 6.07) is 16.7. The van der Waals surface area contributed by atoms with Gasteiger partial charge in [0.15, 0.2) is 5.82 Å². The SMILES string of the molecule is Cc1ccccc1C(=O)Nc1nc(NC(=O)c2ccccc2C)n(-c2ccc(F)cc2F)n1. The summed E-state index contributed by atoms with van der Waals surface area (Å²) in [5.74, 6) is -2.96. The largest absolute Gasteiger partial charge is 0.290 e. The van der Waals surface area contributed by atoms with Crippen molar-refractivity contribution in [1.29, 1.82) is 0 Å². The van der Waals surface area contributed by atoms with Crippen molar-refractivity contribution in [2.75, 3.05) is 10.6 Å². The summed E-state index contributed by atoms with van der Waals surface area (Å²) in [7, 11) is 0. The van der Waals surface area contributed by atoms with Gasteiger partial charge in [0.05, 0.1) is 0 Å². The van der Waals surface area contributed by atoms with Gasteiger partial charge in [0.1, 0.15) is 11.5 Å². The van der Waals surface area contributed by atoms with Crippen LogP contribution in [0.5, 0.6) is 0 Å². The zero-order valence-electron chi connectivity index (χ0n) is 17.8. The molecule has 0 unspecified atom stereocenters. The number of amides is 2. The first kappa shape index (κ1) is 21.8. The van der Waals surface area contributed by atoms with E-state index in [0.717, 1.165) is 27.9 Å². The molecule has 0 atom stereocenters. The summed E-state index contributed by atoms with van der Waals surface area (Å²) in [5.41, 5.74) is 2.11. The fourth-order valence-corrected chi connectivity index (χ4v) is 3.26. The van der Waals surface area contributed by atoms with Gasteiger partial charge in [0.2, 0.25) is 5.95 Å². The molecule has 0 radical (unpaired) electrons. The number of halogens is 2. The van der Waals surface area contributed by atoms with Crippen LogP contribution in [0.25, 0.3) is 5.69 Å². The predicted molar refractivity (Wildman–Crippen MR) is 120 cm³/mol. The lowest BCUT2D eigenvalue weighted by atomic mass is 10.1. The molecule has 2 amide bonds. The first-order chi connectivity index (χ1) is 15.8. The van der Waals surface area contributed by atoms with Crippen molar-refractivity contribution >= 4 is 23.7 Å². The Hall–Kier alpha value is -4.40. The second-order valence-electron chi connectivity index (χ2n) is 7.30. The number of anilines is 2. The van der Waals surface area contributed by atoms with Crippen LogP contribution in [0.3, 0.4) is 0 Å². The van der Waals surface area contributed by atoms with Gasteiger partial charge in [-0.2, -0.15) is 9.67 Å². The van der Waals surface area contributed by atoms with E-state index in [1.54, 1.807) is 62.4 Å². The maximum Gasteiger partial charge on any atom is 0.258 e. The van der Waals surface area contributed by atoms with E-state index in [1.807, 2.05) is 0 Å². The van der Waals surface area contributed by atoms with Crippen LogP contribution in [0, 0.1) is 25.5 Å². The van der Waals surface area contributed by atoms with Gasteiger partial charge < -0.3 is 0 Å². The molecule has 4 rings (SSSR count). The molecule has 0 saturated carbocycles. The van der Waals surface area contributed by atoms with Crippen LogP contribution in [0.1, 0.15) is 31.8 Å². The van der Waals surface area contributed by atoms with Crippen LogP contribution in [0.15, 0.2) is 66.7 Å². The summed E-state index contributed by atoms with van der Waals surface area (Å²) < 4.78 is 28.9. The van der Waals surface area contributed by atoms with Gasteiger partial charge in [-0.1, -0.05) is 36.4 Å². The maximum atomic E-state index is 14.5. The lowest BCUT2D eigenvalue weighted by Crippen LogP contribution is -2.17. The number of rotatable bonds is 5. The Morgan fingerprint density at radius 2 is 1.39 bits per heavy atom. The molecule has 33 heavy (non-hydrogen) atoms. The molecule has 2 N–H and O–H groups in total. The molecule has 4 aromatic rings. The van der Waals surface area contributed by atoms with E-state index in [2.05, 4.69) is 20.7 Å². The van der Waals surface area contributed by atoms with Crippen molar-refractivity contribution in [1.82, 2.24) is 14.8 Å². The molecule has 0 saturated heterocycles. The highest BCUT2D eigenvalue weighted by Gasteiger charge is 2.20. The molecule has 0 aliphatic carbocycles.